The van der Waals surface area contributed by atoms with Gasteiger partial charge in [0.2, 0.25) is 0 Å². The Balaban J connectivity index is 2.20. The molecule has 0 aliphatic heterocycles. The highest BCUT2D eigenvalue weighted by Crippen LogP contribution is 2.29. The highest BCUT2D eigenvalue weighted by molar-refractivity contribution is 9.10. The molecule has 0 fully saturated rings. The summed E-state index contributed by atoms with van der Waals surface area (Å²) < 4.78 is 37.5. The van der Waals surface area contributed by atoms with Crippen LogP contribution in [0.5, 0.6) is 0 Å². The topological polar surface area (TPSA) is 45.8 Å². The zero-order valence-electron chi connectivity index (χ0n) is 9.46. The lowest BCUT2D eigenvalue weighted by Crippen LogP contribution is -2.10. The Morgan fingerprint density at radius 1 is 1.21 bits per heavy atom. The molecule has 2 rings (SSSR count). The van der Waals surface area contributed by atoms with E-state index in [0.717, 1.165) is 12.1 Å². The van der Waals surface area contributed by atoms with Gasteiger partial charge >= 0.3 is 6.18 Å². The fraction of sp³-hybridized carbons (Fsp3) is 0.167. The molecule has 0 unspecified atom stereocenters. The second-order valence-electron chi connectivity index (χ2n) is 3.91. The van der Waals surface area contributed by atoms with Crippen LogP contribution in [0.4, 0.5) is 13.2 Å². The van der Waals surface area contributed by atoms with E-state index in [-0.39, 0.29) is 5.56 Å². The van der Waals surface area contributed by atoms with Gasteiger partial charge in [-0.3, -0.25) is 4.79 Å². The van der Waals surface area contributed by atoms with Gasteiger partial charge < -0.3 is 0 Å². The maximum Gasteiger partial charge on any atom is 0.416 e. The van der Waals surface area contributed by atoms with Crippen LogP contribution < -0.4 is 5.56 Å². The Kier molecular flexibility index (Phi) is 3.75. The van der Waals surface area contributed by atoms with E-state index in [1.165, 1.54) is 18.2 Å². The largest absolute Gasteiger partial charge is 0.416 e. The molecule has 0 aliphatic carbocycles. The summed E-state index contributed by atoms with van der Waals surface area (Å²) in [5.74, 6) is 0. The van der Waals surface area contributed by atoms with Gasteiger partial charge in [-0.15, -0.1) is 0 Å². The van der Waals surface area contributed by atoms with E-state index in [0.29, 0.717) is 22.2 Å². The van der Waals surface area contributed by atoms with Crippen molar-refractivity contribution in [3.05, 3.63) is 62.0 Å². The lowest BCUT2D eigenvalue weighted by molar-refractivity contribution is -0.137. The van der Waals surface area contributed by atoms with E-state index in [1.807, 2.05) is 0 Å². The Hall–Kier alpha value is -1.63. The van der Waals surface area contributed by atoms with Crippen LogP contribution in [-0.4, -0.2) is 10.2 Å². The highest BCUT2D eigenvalue weighted by Gasteiger charge is 2.29. The molecule has 0 bridgehead atoms. The van der Waals surface area contributed by atoms with Crippen LogP contribution in [0.3, 0.4) is 0 Å². The number of nitrogens with zero attached hydrogens (tertiary/aromatic N) is 1. The van der Waals surface area contributed by atoms with Crippen LogP contribution in [0, 0.1) is 0 Å². The standard InChI is InChI=1S/C12H8BrF3N2O/c13-10-6-9(17-18-11(10)19)5-7-1-3-8(4-2-7)12(14,15)16/h1-4,6H,5H2,(H,18,19). The molecule has 3 nitrogen and oxygen atoms in total. The molecule has 2 aromatic rings. The van der Waals surface area contributed by atoms with E-state index in [4.69, 9.17) is 0 Å². The van der Waals surface area contributed by atoms with Crippen molar-refractivity contribution in [3.63, 3.8) is 0 Å². The lowest BCUT2D eigenvalue weighted by atomic mass is 10.1. The lowest BCUT2D eigenvalue weighted by Gasteiger charge is -2.07. The average Bonchev–Trinajstić information content (AvgIpc) is 2.33. The number of rotatable bonds is 2. The third-order valence-electron chi connectivity index (χ3n) is 2.48. The first-order chi connectivity index (χ1) is 8.86. The number of aromatic amines is 1. The molecule has 0 atom stereocenters. The van der Waals surface area contributed by atoms with Gasteiger partial charge in [0.1, 0.15) is 0 Å². The first-order valence-corrected chi connectivity index (χ1v) is 6.06. The van der Waals surface area contributed by atoms with Crippen LogP contribution in [0.15, 0.2) is 39.6 Å². The first kappa shape index (κ1) is 13.8. The Labute approximate surface area is 114 Å². The van der Waals surface area contributed by atoms with E-state index >= 15 is 0 Å². The zero-order valence-corrected chi connectivity index (χ0v) is 11.0. The number of hydrogen-bond acceptors (Lipinski definition) is 2. The summed E-state index contributed by atoms with van der Waals surface area (Å²) in [6, 6.07) is 6.37. The normalized spacial score (nSPS) is 11.6. The summed E-state index contributed by atoms with van der Waals surface area (Å²) in [5, 5.41) is 6.11. The molecule has 1 aromatic carbocycles. The number of H-pyrrole nitrogens is 1. The van der Waals surface area contributed by atoms with Crippen LogP contribution in [0.1, 0.15) is 16.8 Å². The Morgan fingerprint density at radius 3 is 2.37 bits per heavy atom. The molecule has 100 valence electrons. The molecule has 0 radical (unpaired) electrons. The minimum absolute atomic E-state index is 0.337. The molecular formula is C12H8BrF3N2O. The number of aromatic nitrogens is 2. The molecular weight excluding hydrogens is 325 g/mol. The van der Waals surface area contributed by atoms with Crippen LogP contribution in [0.2, 0.25) is 0 Å². The van der Waals surface area contributed by atoms with Crippen molar-refractivity contribution in [1.82, 2.24) is 10.2 Å². The third kappa shape index (κ3) is 3.44. The predicted molar refractivity (Wildman–Crippen MR) is 66.8 cm³/mol. The monoisotopic (exact) mass is 332 g/mol. The van der Waals surface area contributed by atoms with Gasteiger partial charge in [-0.05, 0) is 39.7 Å². The smallest absolute Gasteiger partial charge is 0.267 e. The number of nitrogens with one attached hydrogen (secondary N) is 1. The van der Waals surface area contributed by atoms with Gasteiger partial charge in [-0.25, -0.2) is 5.10 Å². The first-order valence-electron chi connectivity index (χ1n) is 5.26. The second-order valence-corrected chi connectivity index (χ2v) is 4.76. The predicted octanol–water partition coefficient (Wildman–Crippen LogP) is 3.14. The maximum absolute atomic E-state index is 12.4. The summed E-state index contributed by atoms with van der Waals surface area (Å²) >= 11 is 3.06. The summed E-state index contributed by atoms with van der Waals surface area (Å²) in [5.41, 5.74) is 0.203. The quantitative estimate of drug-likeness (QED) is 0.918. The summed E-state index contributed by atoms with van der Waals surface area (Å²) in [6.45, 7) is 0. The van der Waals surface area contributed by atoms with Gasteiger partial charge in [0, 0.05) is 6.42 Å². The fourth-order valence-corrected chi connectivity index (χ4v) is 1.88. The molecule has 19 heavy (non-hydrogen) atoms. The van der Waals surface area contributed by atoms with Crippen molar-refractivity contribution in [2.75, 3.05) is 0 Å². The van der Waals surface area contributed by atoms with E-state index < -0.39 is 11.7 Å². The van der Waals surface area contributed by atoms with Crippen LogP contribution >= 0.6 is 15.9 Å². The molecule has 0 spiro atoms. The Morgan fingerprint density at radius 2 is 1.84 bits per heavy atom. The van der Waals surface area contributed by atoms with Gasteiger partial charge in [0.15, 0.2) is 0 Å². The second kappa shape index (κ2) is 5.16. The molecule has 0 aliphatic rings. The molecule has 0 saturated carbocycles. The van der Waals surface area contributed by atoms with Crippen molar-refractivity contribution in [3.8, 4) is 0 Å². The van der Waals surface area contributed by atoms with Crippen molar-refractivity contribution < 1.29 is 13.2 Å². The number of alkyl halides is 3. The average molecular weight is 333 g/mol. The zero-order chi connectivity index (χ0) is 14.0. The molecule has 0 amide bonds. The fourth-order valence-electron chi connectivity index (χ4n) is 1.53. The maximum atomic E-state index is 12.4. The minimum Gasteiger partial charge on any atom is -0.267 e. The molecule has 0 saturated heterocycles. The van der Waals surface area contributed by atoms with Crippen molar-refractivity contribution in [1.29, 1.82) is 0 Å². The summed E-state index contributed by atoms with van der Waals surface area (Å²) in [4.78, 5) is 11.1. The molecule has 1 heterocycles. The molecule has 7 heteroatoms. The molecule has 1 aromatic heterocycles. The van der Waals surface area contributed by atoms with E-state index in [1.54, 1.807) is 0 Å². The minimum atomic E-state index is -4.34. The SMILES string of the molecule is O=c1[nH]nc(Cc2ccc(C(F)(F)F)cc2)cc1Br. The number of halogens is 4. The number of benzene rings is 1. The van der Waals surface area contributed by atoms with Gasteiger partial charge in [0.25, 0.3) is 5.56 Å². The highest BCUT2D eigenvalue weighted by atomic mass is 79.9. The van der Waals surface area contributed by atoms with Crippen LogP contribution in [0.25, 0.3) is 0 Å². The third-order valence-corrected chi connectivity index (χ3v) is 3.07. The van der Waals surface area contributed by atoms with Crippen molar-refractivity contribution >= 4 is 15.9 Å². The number of hydrogen-bond donors (Lipinski definition) is 1. The van der Waals surface area contributed by atoms with E-state index in [9.17, 15) is 18.0 Å². The molecule has 1 N–H and O–H groups in total. The van der Waals surface area contributed by atoms with Gasteiger partial charge in [-0.1, -0.05) is 12.1 Å². The van der Waals surface area contributed by atoms with Gasteiger partial charge in [0.05, 0.1) is 15.7 Å². The Bertz CT molecular complexity index is 635. The van der Waals surface area contributed by atoms with Crippen LogP contribution in [-0.2, 0) is 12.6 Å². The summed E-state index contributed by atoms with van der Waals surface area (Å²) in [6.07, 6.45) is -3.99. The van der Waals surface area contributed by atoms with Crippen molar-refractivity contribution in [2.45, 2.75) is 12.6 Å². The summed E-state index contributed by atoms with van der Waals surface area (Å²) in [7, 11) is 0. The van der Waals surface area contributed by atoms with Crippen molar-refractivity contribution in [2.24, 2.45) is 0 Å². The van der Waals surface area contributed by atoms with Gasteiger partial charge in [-0.2, -0.15) is 18.3 Å². The van der Waals surface area contributed by atoms with E-state index in [2.05, 4.69) is 26.1 Å².